The van der Waals surface area contributed by atoms with E-state index >= 15 is 0 Å². The van der Waals surface area contributed by atoms with Crippen LogP contribution >= 0.6 is 0 Å². The lowest BCUT2D eigenvalue weighted by Crippen LogP contribution is -2.24. The lowest BCUT2D eigenvalue weighted by molar-refractivity contribution is -0.136. The molecule has 25 heavy (non-hydrogen) atoms. The second-order valence-electron chi connectivity index (χ2n) is 5.26. The highest BCUT2D eigenvalue weighted by molar-refractivity contribution is 5.73. The van der Waals surface area contributed by atoms with Crippen molar-refractivity contribution in [1.29, 1.82) is 0 Å². The van der Waals surface area contributed by atoms with Gasteiger partial charge in [-0.2, -0.15) is 0 Å². The monoisotopic (exact) mass is 343 g/mol. The summed E-state index contributed by atoms with van der Waals surface area (Å²) < 4.78 is 18.3. The van der Waals surface area contributed by atoms with Crippen LogP contribution in [0.4, 0.5) is 9.18 Å². The van der Waals surface area contributed by atoms with Gasteiger partial charge in [0.25, 0.3) is 0 Å². The van der Waals surface area contributed by atoms with Gasteiger partial charge >= 0.3 is 12.1 Å². The molecule has 130 valence electrons. The minimum absolute atomic E-state index is 0.178. The van der Waals surface area contributed by atoms with E-state index in [1.54, 1.807) is 12.2 Å². The van der Waals surface area contributed by atoms with Crippen molar-refractivity contribution in [2.24, 2.45) is 0 Å². The van der Waals surface area contributed by atoms with E-state index in [2.05, 4.69) is 5.32 Å². The Balaban J connectivity index is 1.82. The van der Waals surface area contributed by atoms with Crippen molar-refractivity contribution in [3.8, 4) is 0 Å². The van der Waals surface area contributed by atoms with E-state index in [9.17, 15) is 14.0 Å². The van der Waals surface area contributed by atoms with Crippen LogP contribution in [0, 0.1) is 5.82 Å². The van der Waals surface area contributed by atoms with Crippen molar-refractivity contribution in [3.05, 3.63) is 77.1 Å². The number of alkyl carbamates (subject to hydrolysis) is 1. The predicted molar refractivity (Wildman–Crippen MR) is 91.4 cm³/mol. The van der Waals surface area contributed by atoms with Gasteiger partial charge in [-0.25, -0.2) is 9.18 Å². The van der Waals surface area contributed by atoms with Gasteiger partial charge in [-0.05, 0) is 28.8 Å². The quantitative estimate of drug-likeness (QED) is 0.808. The fourth-order valence-corrected chi connectivity index (χ4v) is 2.16. The third-order valence-electron chi connectivity index (χ3n) is 3.32. The van der Waals surface area contributed by atoms with Crippen LogP contribution in [0.25, 0.3) is 6.08 Å². The molecule has 0 saturated heterocycles. The summed E-state index contributed by atoms with van der Waals surface area (Å²) in [6.07, 6.45) is 2.44. The zero-order chi connectivity index (χ0) is 18.1. The summed E-state index contributed by atoms with van der Waals surface area (Å²) in [5.41, 5.74) is 1.84. The van der Waals surface area contributed by atoms with E-state index in [0.717, 1.165) is 5.56 Å². The van der Waals surface area contributed by atoms with Crippen LogP contribution in [0.3, 0.4) is 0 Å². The Morgan fingerprint density at radius 3 is 2.64 bits per heavy atom. The first kappa shape index (κ1) is 18.2. The lowest BCUT2D eigenvalue weighted by Gasteiger charge is -2.06. The highest BCUT2D eigenvalue weighted by Crippen LogP contribution is 2.14. The molecule has 0 saturated carbocycles. The molecule has 0 atom stereocenters. The largest absolute Gasteiger partial charge is 0.481 e. The number of carbonyl (C=O) groups is 2. The van der Waals surface area contributed by atoms with E-state index in [0.29, 0.717) is 11.1 Å². The molecule has 0 bridgehead atoms. The van der Waals surface area contributed by atoms with Gasteiger partial charge in [0.05, 0.1) is 6.42 Å². The molecule has 2 N–H and O–H groups in total. The summed E-state index contributed by atoms with van der Waals surface area (Å²) >= 11 is 0. The molecule has 0 aliphatic rings. The Kier molecular flexibility index (Phi) is 6.71. The molecule has 2 aromatic carbocycles. The summed E-state index contributed by atoms with van der Waals surface area (Å²) in [6, 6.07) is 13.2. The summed E-state index contributed by atoms with van der Waals surface area (Å²) in [6.45, 7) is 0.384. The molecule has 0 aliphatic heterocycles. The molecule has 0 aliphatic carbocycles. The fourth-order valence-electron chi connectivity index (χ4n) is 2.16. The van der Waals surface area contributed by atoms with Crippen LogP contribution in [0.5, 0.6) is 0 Å². The molecule has 0 unspecified atom stereocenters. The zero-order valence-electron chi connectivity index (χ0n) is 13.4. The number of amides is 1. The number of halogens is 1. The Labute approximate surface area is 144 Å². The van der Waals surface area contributed by atoms with Crippen molar-refractivity contribution >= 4 is 18.1 Å². The molecule has 0 radical (unpaired) electrons. The van der Waals surface area contributed by atoms with Gasteiger partial charge < -0.3 is 15.2 Å². The van der Waals surface area contributed by atoms with E-state index in [4.69, 9.17) is 9.84 Å². The summed E-state index contributed by atoms with van der Waals surface area (Å²) in [5, 5.41) is 11.4. The van der Waals surface area contributed by atoms with E-state index in [1.807, 2.05) is 30.3 Å². The molecule has 0 spiro atoms. The number of rotatable bonds is 7. The van der Waals surface area contributed by atoms with Crippen LogP contribution in [0.2, 0.25) is 0 Å². The maximum absolute atomic E-state index is 13.2. The van der Waals surface area contributed by atoms with Crippen LogP contribution in [-0.4, -0.2) is 23.7 Å². The average Bonchev–Trinajstić information content (AvgIpc) is 2.59. The molecular formula is C19H18FNO4. The smallest absolute Gasteiger partial charge is 0.407 e. The summed E-state index contributed by atoms with van der Waals surface area (Å²) in [5.74, 6) is -1.53. The third-order valence-corrected chi connectivity index (χ3v) is 3.32. The van der Waals surface area contributed by atoms with Crippen LogP contribution < -0.4 is 5.32 Å². The Bertz CT molecular complexity index is 759. The predicted octanol–water partition coefficient (Wildman–Crippen LogP) is 3.39. The second kappa shape index (κ2) is 9.22. The van der Waals surface area contributed by atoms with Gasteiger partial charge in [0.2, 0.25) is 0 Å². The van der Waals surface area contributed by atoms with Gasteiger partial charge in [0.1, 0.15) is 12.4 Å². The standard InChI is InChI=1S/C19H18FNO4/c20-17-9-8-15(16(11-17)12-18(22)23)7-4-10-21-19(24)25-13-14-5-2-1-3-6-14/h1-9,11H,10,12-13H2,(H,21,24)(H,22,23). The molecule has 2 rings (SSSR count). The van der Waals surface area contributed by atoms with Gasteiger partial charge in [-0.15, -0.1) is 0 Å². The molecule has 5 nitrogen and oxygen atoms in total. The summed E-state index contributed by atoms with van der Waals surface area (Å²) in [7, 11) is 0. The minimum Gasteiger partial charge on any atom is -0.481 e. The molecule has 0 fully saturated rings. The second-order valence-corrected chi connectivity index (χ2v) is 5.26. The van der Waals surface area contributed by atoms with Crippen molar-refractivity contribution in [3.63, 3.8) is 0 Å². The van der Waals surface area contributed by atoms with Gasteiger partial charge in [-0.1, -0.05) is 48.6 Å². The zero-order valence-corrected chi connectivity index (χ0v) is 13.4. The molecule has 1 amide bonds. The number of hydrogen-bond donors (Lipinski definition) is 2. The first-order valence-corrected chi connectivity index (χ1v) is 7.66. The normalized spacial score (nSPS) is 10.6. The molecule has 0 aromatic heterocycles. The Morgan fingerprint density at radius 1 is 1.16 bits per heavy atom. The van der Waals surface area contributed by atoms with Gasteiger partial charge in [0, 0.05) is 6.54 Å². The number of nitrogens with one attached hydrogen (secondary N) is 1. The van der Waals surface area contributed by atoms with Gasteiger partial charge in [-0.3, -0.25) is 4.79 Å². The first-order chi connectivity index (χ1) is 12.0. The van der Waals surface area contributed by atoms with Crippen molar-refractivity contribution < 1.29 is 23.8 Å². The maximum Gasteiger partial charge on any atom is 0.407 e. The topological polar surface area (TPSA) is 75.6 Å². The maximum atomic E-state index is 13.2. The Hall–Kier alpha value is -3.15. The summed E-state index contributed by atoms with van der Waals surface area (Å²) in [4.78, 5) is 22.4. The van der Waals surface area contributed by atoms with Crippen molar-refractivity contribution in [2.75, 3.05) is 6.54 Å². The molecular weight excluding hydrogens is 325 g/mol. The third kappa shape index (κ3) is 6.47. The lowest BCUT2D eigenvalue weighted by atomic mass is 10.0. The SMILES string of the molecule is O=C(O)Cc1cc(F)ccc1C=CCNC(=O)OCc1ccccc1. The van der Waals surface area contributed by atoms with Crippen LogP contribution in [0.15, 0.2) is 54.6 Å². The van der Waals surface area contributed by atoms with E-state index in [1.165, 1.54) is 18.2 Å². The van der Waals surface area contributed by atoms with Crippen LogP contribution in [-0.2, 0) is 22.6 Å². The molecule has 2 aromatic rings. The fraction of sp³-hybridized carbons (Fsp3) is 0.158. The van der Waals surface area contributed by atoms with E-state index in [-0.39, 0.29) is 19.6 Å². The van der Waals surface area contributed by atoms with Crippen molar-refractivity contribution in [1.82, 2.24) is 5.32 Å². The number of carbonyl (C=O) groups excluding carboxylic acids is 1. The number of aliphatic carboxylic acids is 1. The molecule has 6 heteroatoms. The van der Waals surface area contributed by atoms with E-state index < -0.39 is 17.9 Å². The average molecular weight is 343 g/mol. The number of benzene rings is 2. The molecule has 0 heterocycles. The van der Waals surface area contributed by atoms with Crippen LogP contribution in [0.1, 0.15) is 16.7 Å². The number of carboxylic acid groups (broad SMARTS) is 1. The van der Waals surface area contributed by atoms with Crippen molar-refractivity contribution in [2.45, 2.75) is 13.0 Å². The highest BCUT2D eigenvalue weighted by Gasteiger charge is 2.06. The Morgan fingerprint density at radius 2 is 1.92 bits per heavy atom. The highest BCUT2D eigenvalue weighted by atomic mass is 19.1. The first-order valence-electron chi connectivity index (χ1n) is 7.66. The minimum atomic E-state index is -1.04. The number of hydrogen-bond acceptors (Lipinski definition) is 3. The van der Waals surface area contributed by atoms with Gasteiger partial charge in [0.15, 0.2) is 0 Å². The number of ether oxygens (including phenoxy) is 1. The number of carboxylic acids is 1.